The number of hydrogen-bond acceptors (Lipinski definition) is 3. The summed E-state index contributed by atoms with van der Waals surface area (Å²) in [6, 6.07) is 9.08. The summed E-state index contributed by atoms with van der Waals surface area (Å²) < 4.78 is 4.91. The van der Waals surface area contributed by atoms with Crippen LogP contribution in [0.5, 0.6) is 0 Å². The highest BCUT2D eigenvalue weighted by Gasteiger charge is 2.14. The van der Waals surface area contributed by atoms with Crippen molar-refractivity contribution in [3.8, 4) is 0 Å². The molecule has 1 atom stereocenters. The first-order valence-corrected chi connectivity index (χ1v) is 5.88. The molecule has 0 heterocycles. The molecule has 3 nitrogen and oxygen atoms in total. The number of carbonyl (C=O) groups is 1. The van der Waals surface area contributed by atoms with Crippen LogP contribution < -0.4 is 5.73 Å². The molecule has 4 heteroatoms. The van der Waals surface area contributed by atoms with Crippen molar-refractivity contribution >= 4 is 21.9 Å². The summed E-state index contributed by atoms with van der Waals surface area (Å²) in [5, 5.41) is 0.636. The maximum absolute atomic E-state index is 11.3. The molecule has 2 N–H and O–H groups in total. The van der Waals surface area contributed by atoms with Gasteiger partial charge in [0.15, 0.2) is 0 Å². The Morgan fingerprint density at radius 1 is 1.40 bits per heavy atom. The smallest absolute Gasteiger partial charge is 0.323 e. The van der Waals surface area contributed by atoms with Crippen LogP contribution in [0.3, 0.4) is 0 Å². The number of carbonyl (C=O) groups excluding carboxylic acids is 1. The zero-order chi connectivity index (χ0) is 11.1. The quantitative estimate of drug-likeness (QED) is 0.652. The van der Waals surface area contributed by atoms with Gasteiger partial charge in [0.1, 0.15) is 12.6 Å². The van der Waals surface area contributed by atoms with Crippen molar-refractivity contribution in [2.24, 2.45) is 5.73 Å². The summed E-state index contributed by atoms with van der Waals surface area (Å²) in [4.78, 5) is 11.3. The molecule has 0 aromatic heterocycles. The molecule has 1 rings (SSSR count). The maximum Gasteiger partial charge on any atom is 0.323 e. The Bertz CT molecular complexity index is 303. The van der Waals surface area contributed by atoms with Crippen LogP contribution in [0.15, 0.2) is 30.3 Å². The normalized spacial score (nSPS) is 12.1. The highest BCUT2D eigenvalue weighted by molar-refractivity contribution is 9.09. The number of halogens is 1. The van der Waals surface area contributed by atoms with Crippen LogP contribution in [0.1, 0.15) is 5.56 Å². The molecule has 1 aromatic rings. The Labute approximate surface area is 97.7 Å². The van der Waals surface area contributed by atoms with E-state index in [-0.39, 0.29) is 5.97 Å². The molecule has 0 aliphatic rings. The Morgan fingerprint density at radius 3 is 2.67 bits per heavy atom. The van der Waals surface area contributed by atoms with Crippen molar-refractivity contribution in [2.45, 2.75) is 12.5 Å². The summed E-state index contributed by atoms with van der Waals surface area (Å²) in [6.45, 7) is 0.362. The highest BCUT2D eigenvalue weighted by Crippen LogP contribution is 2.02. The van der Waals surface area contributed by atoms with E-state index < -0.39 is 6.04 Å². The van der Waals surface area contributed by atoms with E-state index in [1.807, 2.05) is 30.3 Å². The molecule has 1 aromatic carbocycles. The highest BCUT2D eigenvalue weighted by atomic mass is 79.9. The predicted octanol–water partition coefficient (Wildman–Crippen LogP) is 1.49. The fraction of sp³-hybridized carbons (Fsp3) is 0.364. The number of hydrogen-bond donors (Lipinski definition) is 1. The molecule has 0 unspecified atom stereocenters. The van der Waals surface area contributed by atoms with E-state index in [2.05, 4.69) is 15.9 Å². The van der Waals surface area contributed by atoms with Crippen molar-refractivity contribution in [3.05, 3.63) is 35.9 Å². The molecular weight excluding hydrogens is 258 g/mol. The Morgan fingerprint density at radius 2 is 2.07 bits per heavy atom. The van der Waals surface area contributed by atoms with Crippen molar-refractivity contribution in [3.63, 3.8) is 0 Å². The van der Waals surface area contributed by atoms with Gasteiger partial charge in [0.05, 0.1) is 0 Å². The maximum atomic E-state index is 11.3. The van der Waals surface area contributed by atoms with Crippen LogP contribution in [-0.2, 0) is 16.0 Å². The van der Waals surface area contributed by atoms with Crippen molar-refractivity contribution < 1.29 is 9.53 Å². The minimum Gasteiger partial charge on any atom is -0.464 e. The van der Waals surface area contributed by atoms with Gasteiger partial charge in [-0.25, -0.2) is 0 Å². The molecule has 15 heavy (non-hydrogen) atoms. The molecule has 82 valence electrons. The van der Waals surface area contributed by atoms with Crippen LogP contribution in [0, 0.1) is 0 Å². The van der Waals surface area contributed by atoms with Crippen LogP contribution >= 0.6 is 15.9 Å². The average Bonchev–Trinajstić information content (AvgIpc) is 2.27. The van der Waals surface area contributed by atoms with E-state index in [0.29, 0.717) is 18.4 Å². The van der Waals surface area contributed by atoms with Crippen LogP contribution in [-0.4, -0.2) is 23.9 Å². The lowest BCUT2D eigenvalue weighted by Gasteiger charge is -2.10. The molecule has 0 radical (unpaired) electrons. The predicted molar refractivity (Wildman–Crippen MR) is 62.9 cm³/mol. The number of nitrogens with two attached hydrogens (primary N) is 1. The third-order valence-electron chi connectivity index (χ3n) is 1.92. The average molecular weight is 272 g/mol. The van der Waals surface area contributed by atoms with E-state index in [0.717, 1.165) is 5.56 Å². The molecular formula is C11H14BrNO2. The third kappa shape index (κ3) is 4.44. The molecule has 0 bridgehead atoms. The lowest BCUT2D eigenvalue weighted by atomic mass is 10.1. The minimum absolute atomic E-state index is 0.349. The van der Waals surface area contributed by atoms with Gasteiger partial charge >= 0.3 is 5.97 Å². The summed E-state index contributed by atoms with van der Waals surface area (Å²) >= 11 is 3.18. The Balaban J connectivity index is 2.41. The standard InChI is InChI=1S/C11H14BrNO2/c12-6-7-15-11(14)10(13)8-9-4-2-1-3-5-9/h1-5,10H,6-8,13H2/t10-/m0/s1. The molecule has 0 aliphatic heterocycles. The first-order valence-electron chi connectivity index (χ1n) is 4.76. The summed E-state index contributed by atoms with van der Waals surface area (Å²) in [5.41, 5.74) is 6.74. The Kier molecular flexibility index (Phi) is 5.36. The van der Waals surface area contributed by atoms with Crippen LogP contribution in [0.2, 0.25) is 0 Å². The minimum atomic E-state index is -0.577. The Hall–Kier alpha value is -0.870. The number of esters is 1. The van der Waals surface area contributed by atoms with E-state index in [9.17, 15) is 4.79 Å². The van der Waals surface area contributed by atoms with E-state index in [4.69, 9.17) is 10.5 Å². The van der Waals surface area contributed by atoms with Gasteiger partial charge in [-0.1, -0.05) is 46.3 Å². The van der Waals surface area contributed by atoms with Gasteiger partial charge in [-0.05, 0) is 12.0 Å². The van der Waals surface area contributed by atoms with Gasteiger partial charge in [0, 0.05) is 5.33 Å². The van der Waals surface area contributed by atoms with Crippen molar-refractivity contribution in [1.29, 1.82) is 0 Å². The second-order valence-corrected chi connectivity index (χ2v) is 3.95. The van der Waals surface area contributed by atoms with E-state index in [1.165, 1.54) is 0 Å². The van der Waals surface area contributed by atoms with Gasteiger partial charge in [-0.15, -0.1) is 0 Å². The monoisotopic (exact) mass is 271 g/mol. The molecule has 0 saturated carbocycles. The van der Waals surface area contributed by atoms with E-state index >= 15 is 0 Å². The SMILES string of the molecule is N[C@@H](Cc1ccccc1)C(=O)OCCBr. The van der Waals surface area contributed by atoms with Gasteiger partial charge in [-0.2, -0.15) is 0 Å². The number of rotatable bonds is 5. The summed E-state index contributed by atoms with van der Waals surface area (Å²) in [5.74, 6) is -0.349. The molecule has 0 amide bonds. The number of benzene rings is 1. The molecule has 0 saturated heterocycles. The lowest BCUT2D eigenvalue weighted by molar-refractivity contribution is -0.144. The van der Waals surface area contributed by atoms with Crippen molar-refractivity contribution in [2.75, 3.05) is 11.9 Å². The summed E-state index contributed by atoms with van der Waals surface area (Å²) in [6.07, 6.45) is 0.516. The fourth-order valence-electron chi connectivity index (χ4n) is 1.20. The second-order valence-electron chi connectivity index (χ2n) is 3.15. The van der Waals surface area contributed by atoms with Crippen LogP contribution in [0.4, 0.5) is 0 Å². The van der Waals surface area contributed by atoms with E-state index in [1.54, 1.807) is 0 Å². The summed E-state index contributed by atoms with van der Waals surface area (Å²) in [7, 11) is 0. The van der Waals surface area contributed by atoms with Gasteiger partial charge in [0.2, 0.25) is 0 Å². The second kappa shape index (κ2) is 6.58. The molecule has 0 aliphatic carbocycles. The number of alkyl halides is 1. The lowest BCUT2D eigenvalue weighted by Crippen LogP contribution is -2.34. The topological polar surface area (TPSA) is 52.3 Å². The fourth-order valence-corrected chi connectivity index (χ4v) is 1.36. The van der Waals surface area contributed by atoms with Gasteiger partial charge in [-0.3, -0.25) is 4.79 Å². The van der Waals surface area contributed by atoms with Gasteiger partial charge in [0.25, 0.3) is 0 Å². The number of ether oxygens (including phenoxy) is 1. The van der Waals surface area contributed by atoms with Crippen molar-refractivity contribution in [1.82, 2.24) is 0 Å². The zero-order valence-corrected chi connectivity index (χ0v) is 9.94. The third-order valence-corrected chi connectivity index (χ3v) is 2.25. The zero-order valence-electron chi connectivity index (χ0n) is 8.36. The molecule has 0 spiro atoms. The first-order chi connectivity index (χ1) is 7.24. The van der Waals surface area contributed by atoms with Crippen LogP contribution in [0.25, 0.3) is 0 Å². The van der Waals surface area contributed by atoms with Gasteiger partial charge < -0.3 is 10.5 Å². The first kappa shape index (κ1) is 12.2. The molecule has 0 fully saturated rings. The largest absolute Gasteiger partial charge is 0.464 e.